The third kappa shape index (κ3) is 3.25. The first-order valence-electron chi connectivity index (χ1n) is 7.22. The molecule has 0 saturated carbocycles. The Bertz CT molecular complexity index is 737. The zero-order chi connectivity index (χ0) is 16.4. The predicted octanol–water partition coefficient (Wildman–Crippen LogP) is 2.29. The van der Waals surface area contributed by atoms with Crippen LogP contribution in [0.4, 0.5) is 0 Å². The molecule has 23 heavy (non-hydrogen) atoms. The molecular weight excluding hydrogens is 364 g/mol. The molecular formula is C16H17BrN2O4. The van der Waals surface area contributed by atoms with E-state index in [0.29, 0.717) is 18.8 Å². The van der Waals surface area contributed by atoms with E-state index in [4.69, 9.17) is 14.2 Å². The van der Waals surface area contributed by atoms with Crippen LogP contribution in [0.25, 0.3) is 10.8 Å². The van der Waals surface area contributed by atoms with Crippen LogP contribution in [0.2, 0.25) is 0 Å². The zero-order valence-electron chi connectivity index (χ0n) is 12.8. The number of benzene rings is 1. The van der Waals surface area contributed by atoms with E-state index in [1.807, 2.05) is 18.2 Å². The van der Waals surface area contributed by atoms with Crippen LogP contribution < -0.4 is 14.8 Å². The molecule has 3 rings (SSSR count). The highest BCUT2D eigenvalue weighted by Gasteiger charge is 2.31. The molecule has 0 spiro atoms. The van der Waals surface area contributed by atoms with Crippen molar-refractivity contribution in [2.24, 2.45) is 0 Å². The average Bonchev–Trinajstić information content (AvgIpc) is 3.02. The molecule has 122 valence electrons. The molecule has 1 aromatic carbocycles. The Balaban J connectivity index is 1.84. The van der Waals surface area contributed by atoms with E-state index < -0.39 is 0 Å². The largest absolute Gasteiger partial charge is 0.496 e. The molecule has 0 radical (unpaired) electrons. The molecule has 1 fully saturated rings. The monoisotopic (exact) mass is 380 g/mol. The van der Waals surface area contributed by atoms with Gasteiger partial charge in [-0.15, -0.1) is 0 Å². The van der Waals surface area contributed by atoms with Crippen LogP contribution in [0.3, 0.4) is 0 Å². The Morgan fingerprint density at radius 1 is 1.39 bits per heavy atom. The Labute approximate surface area is 142 Å². The third-order valence-electron chi connectivity index (χ3n) is 3.85. The van der Waals surface area contributed by atoms with Gasteiger partial charge in [0.15, 0.2) is 0 Å². The first-order chi connectivity index (χ1) is 11.1. The summed E-state index contributed by atoms with van der Waals surface area (Å²) in [6.07, 6.45) is 2.13. The number of methoxy groups -OCH3 is 2. The number of ether oxygens (including phenoxy) is 3. The number of nitrogens with one attached hydrogen (secondary N) is 1. The van der Waals surface area contributed by atoms with Gasteiger partial charge in [-0.2, -0.15) is 0 Å². The molecule has 1 aromatic heterocycles. The molecule has 0 aliphatic carbocycles. The van der Waals surface area contributed by atoms with Gasteiger partial charge in [0.25, 0.3) is 0 Å². The van der Waals surface area contributed by atoms with Crippen molar-refractivity contribution < 1.29 is 19.0 Å². The number of aromatic nitrogens is 1. The summed E-state index contributed by atoms with van der Waals surface area (Å²) in [5, 5.41) is 4.97. The Kier molecular flexibility index (Phi) is 4.68. The number of carbonyl (C=O) groups is 1. The van der Waals surface area contributed by atoms with Crippen LogP contribution >= 0.6 is 15.9 Å². The number of carbonyl (C=O) groups excluding carboxylic acids is 1. The third-order valence-corrected chi connectivity index (χ3v) is 4.47. The van der Waals surface area contributed by atoms with E-state index in [-0.39, 0.29) is 18.1 Å². The van der Waals surface area contributed by atoms with Crippen molar-refractivity contribution in [3.8, 4) is 11.6 Å². The van der Waals surface area contributed by atoms with Gasteiger partial charge in [0, 0.05) is 24.5 Å². The number of pyridine rings is 1. The molecule has 1 N–H and O–H groups in total. The molecule has 2 heterocycles. The highest BCUT2D eigenvalue weighted by atomic mass is 79.9. The predicted molar refractivity (Wildman–Crippen MR) is 88.8 cm³/mol. The van der Waals surface area contributed by atoms with Crippen molar-refractivity contribution in [2.45, 2.75) is 18.6 Å². The van der Waals surface area contributed by atoms with Crippen LogP contribution in [-0.4, -0.2) is 43.9 Å². The van der Waals surface area contributed by atoms with E-state index in [2.05, 4.69) is 26.2 Å². The summed E-state index contributed by atoms with van der Waals surface area (Å²) < 4.78 is 16.9. The van der Waals surface area contributed by atoms with E-state index in [0.717, 1.165) is 21.0 Å². The summed E-state index contributed by atoms with van der Waals surface area (Å²) in [6, 6.07) is 5.43. The highest BCUT2D eigenvalue weighted by Crippen LogP contribution is 2.34. The fourth-order valence-corrected chi connectivity index (χ4v) is 3.18. The lowest BCUT2D eigenvalue weighted by molar-refractivity contribution is -0.142. The number of halogens is 1. The topological polar surface area (TPSA) is 69.7 Å². The quantitative estimate of drug-likeness (QED) is 0.820. The summed E-state index contributed by atoms with van der Waals surface area (Å²) in [4.78, 5) is 15.9. The maximum Gasteiger partial charge on any atom is 0.323 e. The molecule has 1 saturated heterocycles. The van der Waals surface area contributed by atoms with Crippen molar-refractivity contribution in [3.63, 3.8) is 0 Å². The van der Waals surface area contributed by atoms with Gasteiger partial charge < -0.3 is 19.5 Å². The molecule has 7 heteroatoms. The van der Waals surface area contributed by atoms with Crippen molar-refractivity contribution in [3.05, 3.63) is 28.9 Å². The van der Waals surface area contributed by atoms with Crippen LogP contribution in [0.5, 0.6) is 11.6 Å². The van der Waals surface area contributed by atoms with Crippen molar-refractivity contribution >= 4 is 32.7 Å². The normalized spacial score (nSPS) is 20.5. The summed E-state index contributed by atoms with van der Waals surface area (Å²) in [5.74, 6) is 1.03. The summed E-state index contributed by atoms with van der Waals surface area (Å²) in [5.41, 5.74) is 0. The standard InChI is InChI=1S/C16H17BrN2O4/c1-21-14-5-9-3-4-18-15(11(9)7-12(14)17)23-10-6-13(19-8-10)16(20)22-2/h3-5,7,10,13,19H,6,8H2,1-2H3. The van der Waals surface area contributed by atoms with Crippen molar-refractivity contribution in [1.29, 1.82) is 0 Å². The molecule has 0 amide bonds. The first-order valence-corrected chi connectivity index (χ1v) is 8.01. The summed E-state index contributed by atoms with van der Waals surface area (Å²) in [7, 11) is 3.01. The van der Waals surface area contributed by atoms with E-state index in [1.165, 1.54) is 7.11 Å². The second-order valence-corrected chi connectivity index (χ2v) is 6.14. The number of nitrogens with zero attached hydrogens (tertiary/aromatic N) is 1. The Morgan fingerprint density at radius 3 is 2.96 bits per heavy atom. The highest BCUT2D eigenvalue weighted by molar-refractivity contribution is 9.10. The summed E-state index contributed by atoms with van der Waals surface area (Å²) in [6.45, 7) is 0.579. The summed E-state index contributed by atoms with van der Waals surface area (Å²) >= 11 is 3.48. The maximum absolute atomic E-state index is 11.6. The van der Waals surface area contributed by atoms with Gasteiger partial charge in [-0.25, -0.2) is 4.98 Å². The minimum Gasteiger partial charge on any atom is -0.496 e. The number of hydrogen-bond donors (Lipinski definition) is 1. The number of hydrogen-bond acceptors (Lipinski definition) is 6. The van der Waals surface area contributed by atoms with Gasteiger partial charge in [0.2, 0.25) is 5.88 Å². The number of rotatable bonds is 4. The van der Waals surface area contributed by atoms with E-state index in [9.17, 15) is 4.79 Å². The average molecular weight is 381 g/mol. The van der Waals surface area contributed by atoms with Gasteiger partial charge in [-0.1, -0.05) is 0 Å². The van der Waals surface area contributed by atoms with Crippen LogP contribution in [0.1, 0.15) is 6.42 Å². The van der Waals surface area contributed by atoms with Gasteiger partial charge in [0.1, 0.15) is 17.9 Å². The second-order valence-electron chi connectivity index (χ2n) is 5.28. The zero-order valence-corrected chi connectivity index (χ0v) is 14.4. The molecule has 1 aliphatic heterocycles. The molecule has 1 aliphatic rings. The maximum atomic E-state index is 11.6. The van der Waals surface area contributed by atoms with Gasteiger partial charge in [0.05, 0.1) is 18.7 Å². The minimum atomic E-state index is -0.327. The van der Waals surface area contributed by atoms with Gasteiger partial charge >= 0.3 is 5.97 Å². The molecule has 2 aromatic rings. The molecule has 2 atom stereocenters. The van der Waals surface area contributed by atoms with E-state index >= 15 is 0 Å². The first kappa shape index (κ1) is 16.0. The molecule has 2 unspecified atom stereocenters. The fraction of sp³-hybridized carbons (Fsp3) is 0.375. The van der Waals surface area contributed by atoms with Crippen molar-refractivity contribution in [2.75, 3.05) is 20.8 Å². The van der Waals surface area contributed by atoms with Gasteiger partial charge in [-0.05, 0) is 39.5 Å². The van der Waals surface area contributed by atoms with Crippen LogP contribution in [-0.2, 0) is 9.53 Å². The van der Waals surface area contributed by atoms with Crippen molar-refractivity contribution in [1.82, 2.24) is 10.3 Å². The molecule has 6 nitrogen and oxygen atoms in total. The second kappa shape index (κ2) is 6.72. The lowest BCUT2D eigenvalue weighted by Crippen LogP contribution is -2.31. The van der Waals surface area contributed by atoms with Crippen LogP contribution in [0, 0.1) is 0 Å². The number of fused-ring (bicyclic) bond motifs is 1. The fourth-order valence-electron chi connectivity index (χ4n) is 2.67. The minimum absolute atomic E-state index is 0.127. The lowest BCUT2D eigenvalue weighted by Gasteiger charge is -2.14. The van der Waals surface area contributed by atoms with Gasteiger partial charge in [-0.3, -0.25) is 4.79 Å². The number of esters is 1. The van der Waals surface area contributed by atoms with E-state index in [1.54, 1.807) is 13.3 Å². The lowest BCUT2D eigenvalue weighted by atomic mass is 10.1. The Hall–Kier alpha value is -1.86. The molecule has 0 bridgehead atoms. The SMILES string of the molecule is COC(=O)C1CC(Oc2nccc3cc(OC)c(Br)cc23)CN1. The smallest absolute Gasteiger partial charge is 0.323 e. The Morgan fingerprint density at radius 2 is 2.22 bits per heavy atom. The van der Waals surface area contributed by atoms with Crippen LogP contribution in [0.15, 0.2) is 28.9 Å².